The highest BCUT2D eigenvalue weighted by Gasteiger charge is 2.21. The highest BCUT2D eigenvalue weighted by atomic mass is 35.5. The second kappa shape index (κ2) is 12.6. The van der Waals surface area contributed by atoms with E-state index in [4.69, 9.17) is 9.47 Å². The fourth-order valence-electron chi connectivity index (χ4n) is 3.26. The monoisotopic (exact) mass is 412 g/mol. The van der Waals surface area contributed by atoms with Crippen molar-refractivity contribution < 1.29 is 19.1 Å². The first kappa shape index (κ1) is 24.2. The van der Waals surface area contributed by atoms with Crippen LogP contribution >= 0.6 is 12.4 Å². The summed E-state index contributed by atoms with van der Waals surface area (Å²) in [7, 11) is 0. The standard InChI is InChI=1S/C21H32N2O4.ClH/c1-4-26-20(24)16-17(3)19-8-6-18(7-9-19)10-11-22-12-14-23(15-13-22)21(25)27-5-2;/h6-9,17H,4-5,10-16H2,1-3H3;1H. The summed E-state index contributed by atoms with van der Waals surface area (Å²) in [5.41, 5.74) is 2.45. The first-order chi connectivity index (χ1) is 13.0. The molecule has 1 aliphatic rings. The van der Waals surface area contributed by atoms with Crippen molar-refractivity contribution in [2.45, 2.75) is 39.5 Å². The van der Waals surface area contributed by atoms with Gasteiger partial charge in [-0.2, -0.15) is 0 Å². The summed E-state index contributed by atoms with van der Waals surface area (Å²) in [6, 6.07) is 8.51. The highest BCUT2D eigenvalue weighted by molar-refractivity contribution is 5.85. The molecule has 7 heteroatoms. The molecular formula is C21H33ClN2O4. The van der Waals surface area contributed by atoms with Crippen LogP contribution in [0.5, 0.6) is 0 Å². The minimum absolute atomic E-state index is 0. The average molecular weight is 413 g/mol. The summed E-state index contributed by atoms with van der Waals surface area (Å²) in [5.74, 6) is 0.0186. The Hall–Kier alpha value is -1.79. The zero-order valence-corrected chi connectivity index (χ0v) is 18.0. The zero-order valence-electron chi connectivity index (χ0n) is 17.2. The van der Waals surface area contributed by atoms with Crippen LogP contribution in [0.25, 0.3) is 0 Å². The van der Waals surface area contributed by atoms with Gasteiger partial charge in [0.2, 0.25) is 0 Å². The highest BCUT2D eigenvalue weighted by Crippen LogP contribution is 2.20. The molecule has 6 nitrogen and oxygen atoms in total. The lowest BCUT2D eigenvalue weighted by Crippen LogP contribution is -2.49. The minimum atomic E-state index is -0.204. The first-order valence-corrected chi connectivity index (χ1v) is 9.92. The van der Waals surface area contributed by atoms with Crippen molar-refractivity contribution in [3.63, 3.8) is 0 Å². The van der Waals surface area contributed by atoms with E-state index in [-0.39, 0.29) is 30.4 Å². The molecule has 0 aliphatic carbocycles. The maximum absolute atomic E-state index is 11.7. The number of halogens is 1. The molecule has 0 saturated carbocycles. The zero-order chi connectivity index (χ0) is 19.6. The van der Waals surface area contributed by atoms with E-state index in [0.717, 1.165) is 44.7 Å². The van der Waals surface area contributed by atoms with Gasteiger partial charge in [-0.1, -0.05) is 31.2 Å². The number of carbonyl (C=O) groups excluding carboxylic acids is 2. The Morgan fingerprint density at radius 1 is 1.00 bits per heavy atom. The molecule has 1 saturated heterocycles. The predicted molar refractivity (Wildman–Crippen MR) is 112 cm³/mol. The van der Waals surface area contributed by atoms with Gasteiger partial charge >= 0.3 is 12.1 Å². The van der Waals surface area contributed by atoms with Crippen LogP contribution in [-0.4, -0.2) is 67.8 Å². The summed E-state index contributed by atoms with van der Waals surface area (Å²) in [6.45, 7) is 10.8. The van der Waals surface area contributed by atoms with Crippen LogP contribution in [0.1, 0.15) is 44.2 Å². The van der Waals surface area contributed by atoms with Crippen LogP contribution in [-0.2, 0) is 20.7 Å². The number of rotatable bonds is 8. The topological polar surface area (TPSA) is 59.1 Å². The van der Waals surface area contributed by atoms with E-state index >= 15 is 0 Å². The fraction of sp³-hybridized carbons (Fsp3) is 0.619. The van der Waals surface area contributed by atoms with E-state index in [1.165, 1.54) is 5.56 Å². The Balaban J connectivity index is 0.00000392. The summed E-state index contributed by atoms with van der Waals surface area (Å²) in [4.78, 5) is 27.5. The molecule has 1 fully saturated rings. The van der Waals surface area contributed by atoms with Crippen molar-refractivity contribution in [2.75, 3.05) is 45.9 Å². The number of hydrogen-bond donors (Lipinski definition) is 0. The molecule has 1 atom stereocenters. The summed E-state index contributed by atoms with van der Waals surface area (Å²) >= 11 is 0. The Kier molecular flexibility index (Phi) is 10.9. The molecule has 1 amide bonds. The third kappa shape index (κ3) is 7.68. The molecular weight excluding hydrogens is 380 g/mol. The van der Waals surface area contributed by atoms with Crippen molar-refractivity contribution in [1.82, 2.24) is 9.80 Å². The molecule has 0 aromatic heterocycles. The van der Waals surface area contributed by atoms with Gasteiger partial charge in [0, 0.05) is 32.7 Å². The van der Waals surface area contributed by atoms with E-state index in [1.807, 2.05) is 13.8 Å². The number of benzene rings is 1. The van der Waals surface area contributed by atoms with Gasteiger partial charge in [0.1, 0.15) is 0 Å². The largest absolute Gasteiger partial charge is 0.466 e. The van der Waals surface area contributed by atoms with Crippen molar-refractivity contribution >= 4 is 24.5 Å². The van der Waals surface area contributed by atoms with Crippen LogP contribution in [0.2, 0.25) is 0 Å². The SMILES string of the molecule is CCOC(=O)CC(C)c1ccc(CCN2CCN(C(=O)OCC)CC2)cc1.Cl. The van der Waals surface area contributed by atoms with Crippen LogP contribution < -0.4 is 0 Å². The third-order valence-electron chi connectivity index (χ3n) is 4.94. The van der Waals surface area contributed by atoms with Gasteiger partial charge in [-0.25, -0.2) is 4.79 Å². The number of piperazine rings is 1. The molecule has 158 valence electrons. The molecule has 0 bridgehead atoms. The van der Waals surface area contributed by atoms with E-state index < -0.39 is 0 Å². The van der Waals surface area contributed by atoms with Crippen molar-refractivity contribution in [3.8, 4) is 0 Å². The maximum Gasteiger partial charge on any atom is 0.409 e. The summed E-state index contributed by atoms with van der Waals surface area (Å²) in [6.07, 6.45) is 1.19. The smallest absolute Gasteiger partial charge is 0.409 e. The van der Waals surface area contributed by atoms with Gasteiger partial charge in [-0.05, 0) is 37.3 Å². The molecule has 2 rings (SSSR count). The molecule has 28 heavy (non-hydrogen) atoms. The number of amides is 1. The van der Waals surface area contributed by atoms with Crippen LogP contribution in [0.15, 0.2) is 24.3 Å². The van der Waals surface area contributed by atoms with Gasteiger partial charge in [0.05, 0.1) is 19.6 Å². The van der Waals surface area contributed by atoms with Crippen molar-refractivity contribution in [1.29, 1.82) is 0 Å². The Bertz CT molecular complexity index is 601. The quantitative estimate of drug-likeness (QED) is 0.612. The fourth-order valence-corrected chi connectivity index (χ4v) is 3.26. The lowest BCUT2D eigenvalue weighted by Gasteiger charge is -2.34. The number of ether oxygens (including phenoxy) is 2. The van der Waals surface area contributed by atoms with E-state index in [2.05, 4.69) is 36.1 Å². The number of carbonyl (C=O) groups is 2. The molecule has 0 radical (unpaired) electrons. The molecule has 1 aliphatic heterocycles. The molecule has 0 N–H and O–H groups in total. The lowest BCUT2D eigenvalue weighted by molar-refractivity contribution is -0.143. The normalized spacial score (nSPS) is 15.5. The van der Waals surface area contributed by atoms with Gasteiger partial charge in [0.25, 0.3) is 0 Å². The minimum Gasteiger partial charge on any atom is -0.466 e. The van der Waals surface area contributed by atoms with E-state index in [9.17, 15) is 9.59 Å². The van der Waals surface area contributed by atoms with Crippen molar-refractivity contribution in [2.24, 2.45) is 0 Å². The van der Waals surface area contributed by atoms with Crippen LogP contribution in [0, 0.1) is 0 Å². The summed E-state index contributed by atoms with van der Waals surface area (Å²) < 4.78 is 10.1. The average Bonchev–Trinajstić information content (AvgIpc) is 2.67. The van der Waals surface area contributed by atoms with Gasteiger partial charge < -0.3 is 14.4 Å². The van der Waals surface area contributed by atoms with Crippen LogP contribution in [0.4, 0.5) is 4.79 Å². The van der Waals surface area contributed by atoms with E-state index in [1.54, 1.807) is 4.90 Å². The number of hydrogen-bond acceptors (Lipinski definition) is 5. The Morgan fingerprint density at radius 3 is 2.18 bits per heavy atom. The Labute approximate surface area is 174 Å². The van der Waals surface area contributed by atoms with Gasteiger partial charge in [-0.3, -0.25) is 9.69 Å². The second-order valence-electron chi connectivity index (χ2n) is 6.93. The Morgan fingerprint density at radius 2 is 1.61 bits per heavy atom. The molecule has 0 spiro atoms. The van der Waals surface area contributed by atoms with Crippen LogP contribution in [0.3, 0.4) is 0 Å². The number of esters is 1. The maximum atomic E-state index is 11.7. The first-order valence-electron chi connectivity index (χ1n) is 9.92. The molecule has 1 heterocycles. The number of nitrogens with zero attached hydrogens (tertiary/aromatic N) is 2. The van der Waals surface area contributed by atoms with Crippen molar-refractivity contribution in [3.05, 3.63) is 35.4 Å². The lowest BCUT2D eigenvalue weighted by atomic mass is 9.96. The third-order valence-corrected chi connectivity index (χ3v) is 4.94. The molecule has 1 aromatic rings. The molecule has 1 unspecified atom stereocenters. The van der Waals surface area contributed by atoms with Gasteiger partial charge in [-0.15, -0.1) is 12.4 Å². The second-order valence-corrected chi connectivity index (χ2v) is 6.93. The molecule has 1 aromatic carbocycles. The summed E-state index contributed by atoms with van der Waals surface area (Å²) in [5, 5.41) is 0. The van der Waals surface area contributed by atoms with E-state index in [0.29, 0.717) is 19.6 Å². The van der Waals surface area contributed by atoms with Gasteiger partial charge in [0.15, 0.2) is 0 Å². The predicted octanol–water partition coefficient (Wildman–Crippen LogP) is 3.48.